The highest BCUT2D eigenvalue weighted by Gasteiger charge is 2.22. The second-order valence-electron chi connectivity index (χ2n) is 5.00. The van der Waals surface area contributed by atoms with E-state index < -0.39 is 6.10 Å². The number of rotatable bonds is 2. The van der Waals surface area contributed by atoms with E-state index in [1.807, 2.05) is 44.2 Å². The molecule has 0 fully saturated rings. The van der Waals surface area contributed by atoms with Gasteiger partial charge < -0.3 is 14.6 Å². The van der Waals surface area contributed by atoms with Crippen molar-refractivity contribution in [2.75, 3.05) is 6.79 Å². The van der Waals surface area contributed by atoms with Crippen LogP contribution in [0, 0.1) is 13.8 Å². The highest BCUT2D eigenvalue weighted by atomic mass is 79.9. The van der Waals surface area contributed by atoms with Crippen molar-refractivity contribution in [2.45, 2.75) is 20.0 Å². The number of fused-ring (bicyclic) bond motifs is 1. The fourth-order valence-corrected chi connectivity index (χ4v) is 2.95. The average Bonchev–Trinajstić information content (AvgIpc) is 2.89. The zero-order valence-corrected chi connectivity index (χ0v) is 12.9. The molecule has 1 aliphatic rings. The van der Waals surface area contributed by atoms with Gasteiger partial charge in [-0.15, -0.1) is 0 Å². The van der Waals surface area contributed by atoms with Crippen molar-refractivity contribution in [1.82, 2.24) is 0 Å². The summed E-state index contributed by atoms with van der Waals surface area (Å²) in [6.45, 7) is 4.24. The summed E-state index contributed by atoms with van der Waals surface area (Å²) < 4.78 is 11.6. The average molecular weight is 335 g/mol. The Kier molecular flexibility index (Phi) is 3.44. The standard InChI is InChI=1S/C16H15BrO3/c1-9-3-4-10(2)12(5-9)15(18)11-6-13(17)16-14(7-11)19-8-20-16/h3-7,15,18H,8H2,1-2H3. The molecule has 2 aromatic carbocycles. The van der Waals surface area contributed by atoms with Crippen molar-refractivity contribution in [3.63, 3.8) is 0 Å². The monoisotopic (exact) mass is 334 g/mol. The highest BCUT2D eigenvalue weighted by Crippen LogP contribution is 2.42. The van der Waals surface area contributed by atoms with Crippen LogP contribution in [0.5, 0.6) is 11.5 Å². The van der Waals surface area contributed by atoms with Crippen molar-refractivity contribution >= 4 is 15.9 Å². The third-order valence-corrected chi connectivity index (χ3v) is 4.08. The van der Waals surface area contributed by atoms with Gasteiger partial charge in [-0.25, -0.2) is 0 Å². The molecule has 0 bridgehead atoms. The summed E-state index contributed by atoms with van der Waals surface area (Å²) in [5, 5.41) is 10.6. The smallest absolute Gasteiger partial charge is 0.231 e. The minimum Gasteiger partial charge on any atom is -0.454 e. The van der Waals surface area contributed by atoms with Crippen LogP contribution < -0.4 is 9.47 Å². The Morgan fingerprint density at radius 2 is 1.95 bits per heavy atom. The van der Waals surface area contributed by atoms with Gasteiger partial charge in [-0.2, -0.15) is 0 Å². The molecule has 3 rings (SSSR count). The van der Waals surface area contributed by atoms with E-state index in [0.29, 0.717) is 11.5 Å². The summed E-state index contributed by atoms with van der Waals surface area (Å²) in [4.78, 5) is 0. The van der Waals surface area contributed by atoms with E-state index in [0.717, 1.165) is 26.7 Å². The fourth-order valence-electron chi connectivity index (χ4n) is 2.38. The highest BCUT2D eigenvalue weighted by molar-refractivity contribution is 9.10. The molecule has 4 heteroatoms. The summed E-state index contributed by atoms with van der Waals surface area (Å²) in [6.07, 6.45) is -0.680. The number of aliphatic hydroxyl groups excluding tert-OH is 1. The number of halogens is 1. The van der Waals surface area contributed by atoms with Gasteiger partial charge >= 0.3 is 0 Å². The minimum atomic E-state index is -0.680. The van der Waals surface area contributed by atoms with Gasteiger partial charge in [-0.1, -0.05) is 23.8 Å². The molecule has 0 amide bonds. The SMILES string of the molecule is Cc1ccc(C)c(C(O)c2cc(Br)c3c(c2)OCO3)c1. The number of aryl methyl sites for hydroxylation is 2. The molecule has 20 heavy (non-hydrogen) atoms. The van der Waals surface area contributed by atoms with Crippen LogP contribution in [0.4, 0.5) is 0 Å². The Bertz CT molecular complexity index is 667. The lowest BCUT2D eigenvalue weighted by Gasteiger charge is -2.16. The lowest BCUT2D eigenvalue weighted by Crippen LogP contribution is -2.02. The van der Waals surface area contributed by atoms with Gasteiger partial charge in [-0.05, 0) is 58.6 Å². The van der Waals surface area contributed by atoms with E-state index in [4.69, 9.17) is 9.47 Å². The molecule has 3 nitrogen and oxygen atoms in total. The van der Waals surface area contributed by atoms with Gasteiger partial charge in [0.15, 0.2) is 11.5 Å². The normalized spacial score (nSPS) is 14.4. The molecule has 2 aromatic rings. The third kappa shape index (κ3) is 2.30. The van der Waals surface area contributed by atoms with Crippen molar-refractivity contribution in [3.05, 3.63) is 57.1 Å². The zero-order valence-electron chi connectivity index (χ0n) is 11.3. The molecule has 1 aliphatic heterocycles. The Hall–Kier alpha value is -1.52. The molecule has 1 N–H and O–H groups in total. The molecule has 0 aromatic heterocycles. The van der Waals surface area contributed by atoms with Crippen LogP contribution in [0.25, 0.3) is 0 Å². The Labute approximate surface area is 126 Å². The van der Waals surface area contributed by atoms with E-state index in [-0.39, 0.29) is 6.79 Å². The van der Waals surface area contributed by atoms with Crippen LogP contribution in [0.1, 0.15) is 28.4 Å². The van der Waals surface area contributed by atoms with Crippen LogP contribution in [0.3, 0.4) is 0 Å². The van der Waals surface area contributed by atoms with Crippen molar-refractivity contribution in [3.8, 4) is 11.5 Å². The van der Waals surface area contributed by atoms with Crippen LogP contribution in [0.2, 0.25) is 0 Å². The van der Waals surface area contributed by atoms with Gasteiger partial charge in [0.2, 0.25) is 6.79 Å². The summed E-state index contributed by atoms with van der Waals surface area (Å²) >= 11 is 3.46. The van der Waals surface area contributed by atoms with Crippen LogP contribution in [-0.4, -0.2) is 11.9 Å². The number of hydrogen-bond acceptors (Lipinski definition) is 3. The first-order chi connectivity index (χ1) is 9.56. The summed E-state index contributed by atoms with van der Waals surface area (Å²) in [6, 6.07) is 9.79. The number of aliphatic hydroxyl groups is 1. The molecule has 0 saturated carbocycles. The number of ether oxygens (including phenoxy) is 2. The third-order valence-electron chi connectivity index (χ3n) is 3.49. The second-order valence-corrected chi connectivity index (χ2v) is 5.85. The van der Waals surface area contributed by atoms with E-state index in [1.54, 1.807) is 0 Å². The molecule has 104 valence electrons. The van der Waals surface area contributed by atoms with E-state index >= 15 is 0 Å². The van der Waals surface area contributed by atoms with Crippen molar-refractivity contribution in [1.29, 1.82) is 0 Å². The first-order valence-electron chi connectivity index (χ1n) is 6.40. The van der Waals surface area contributed by atoms with Crippen molar-refractivity contribution in [2.24, 2.45) is 0 Å². The maximum Gasteiger partial charge on any atom is 0.231 e. The molecule has 0 radical (unpaired) electrons. The Morgan fingerprint density at radius 3 is 2.75 bits per heavy atom. The second kappa shape index (κ2) is 5.11. The first-order valence-corrected chi connectivity index (χ1v) is 7.20. The van der Waals surface area contributed by atoms with Gasteiger partial charge in [0, 0.05) is 0 Å². The van der Waals surface area contributed by atoms with Gasteiger partial charge in [0.05, 0.1) is 4.47 Å². The zero-order chi connectivity index (χ0) is 14.3. The molecule has 0 aliphatic carbocycles. The van der Waals surface area contributed by atoms with Crippen LogP contribution in [0.15, 0.2) is 34.8 Å². The summed E-state index contributed by atoms with van der Waals surface area (Å²) in [5.74, 6) is 1.36. The molecule has 1 heterocycles. The van der Waals surface area contributed by atoms with Gasteiger partial charge in [-0.3, -0.25) is 0 Å². The maximum absolute atomic E-state index is 10.6. The summed E-state index contributed by atoms with van der Waals surface area (Å²) in [7, 11) is 0. The number of benzene rings is 2. The van der Waals surface area contributed by atoms with E-state index in [1.165, 1.54) is 0 Å². The predicted octanol–water partition coefficient (Wildman–Crippen LogP) is 3.88. The lowest BCUT2D eigenvalue weighted by atomic mass is 9.95. The van der Waals surface area contributed by atoms with E-state index in [9.17, 15) is 5.11 Å². The molecule has 1 atom stereocenters. The van der Waals surface area contributed by atoms with Crippen molar-refractivity contribution < 1.29 is 14.6 Å². The van der Waals surface area contributed by atoms with Gasteiger partial charge in [0.1, 0.15) is 6.10 Å². The molecule has 1 unspecified atom stereocenters. The number of hydrogen-bond donors (Lipinski definition) is 1. The quantitative estimate of drug-likeness (QED) is 0.905. The topological polar surface area (TPSA) is 38.7 Å². The van der Waals surface area contributed by atoms with Crippen LogP contribution >= 0.6 is 15.9 Å². The molecular weight excluding hydrogens is 320 g/mol. The summed E-state index contributed by atoms with van der Waals surface area (Å²) in [5.41, 5.74) is 3.90. The molecule has 0 saturated heterocycles. The van der Waals surface area contributed by atoms with Crippen LogP contribution in [-0.2, 0) is 0 Å². The first kappa shape index (κ1) is 13.5. The Morgan fingerprint density at radius 1 is 1.15 bits per heavy atom. The fraction of sp³-hybridized carbons (Fsp3) is 0.250. The predicted molar refractivity (Wildman–Crippen MR) is 80.2 cm³/mol. The molecular formula is C16H15BrO3. The van der Waals surface area contributed by atoms with Gasteiger partial charge in [0.25, 0.3) is 0 Å². The maximum atomic E-state index is 10.6. The minimum absolute atomic E-state index is 0.219. The Balaban J connectivity index is 2.04. The largest absolute Gasteiger partial charge is 0.454 e. The van der Waals surface area contributed by atoms with E-state index in [2.05, 4.69) is 15.9 Å². The lowest BCUT2D eigenvalue weighted by molar-refractivity contribution is 0.173. The molecule has 0 spiro atoms.